The molecule has 1 atom stereocenters. The molecule has 106 valence electrons. The van der Waals surface area contributed by atoms with Crippen molar-refractivity contribution in [3.8, 4) is 0 Å². The van der Waals surface area contributed by atoms with Gasteiger partial charge >= 0.3 is 5.00 Å². The summed E-state index contributed by atoms with van der Waals surface area (Å²) in [6.07, 6.45) is 2.48. The molecule has 0 aliphatic carbocycles. The summed E-state index contributed by atoms with van der Waals surface area (Å²) in [5.41, 5.74) is 0. The number of hydrogen-bond donors (Lipinski definition) is 1. The molecule has 1 unspecified atom stereocenters. The third-order valence-electron chi connectivity index (χ3n) is 3.53. The number of hydrogen-bond acceptors (Lipinski definition) is 5. The third-order valence-corrected chi connectivity index (χ3v) is 4.56. The van der Waals surface area contributed by atoms with Crippen LogP contribution in [-0.2, 0) is 6.54 Å². The van der Waals surface area contributed by atoms with Crippen LogP contribution in [0.15, 0.2) is 12.1 Å². The topological polar surface area (TPSA) is 58.4 Å². The monoisotopic (exact) mass is 283 g/mol. The van der Waals surface area contributed by atoms with E-state index in [0.29, 0.717) is 12.1 Å². The van der Waals surface area contributed by atoms with Gasteiger partial charge in [0.25, 0.3) is 0 Å². The minimum Gasteiger partial charge on any atom is -0.313 e. The van der Waals surface area contributed by atoms with Crippen LogP contribution in [0, 0.1) is 10.1 Å². The molecule has 6 heteroatoms. The van der Waals surface area contributed by atoms with E-state index in [2.05, 4.69) is 24.1 Å². The summed E-state index contributed by atoms with van der Waals surface area (Å²) in [7, 11) is 0. The van der Waals surface area contributed by atoms with Crippen LogP contribution in [0.25, 0.3) is 0 Å². The van der Waals surface area contributed by atoms with Crippen LogP contribution in [0.3, 0.4) is 0 Å². The van der Waals surface area contributed by atoms with Gasteiger partial charge in [-0.15, -0.1) is 0 Å². The first-order valence-electron chi connectivity index (χ1n) is 6.77. The van der Waals surface area contributed by atoms with E-state index in [0.717, 1.165) is 24.5 Å². The van der Waals surface area contributed by atoms with Crippen molar-refractivity contribution in [2.24, 2.45) is 0 Å². The van der Waals surface area contributed by atoms with Crippen molar-refractivity contribution < 1.29 is 4.92 Å². The predicted molar refractivity (Wildman–Crippen MR) is 77.5 cm³/mol. The first-order chi connectivity index (χ1) is 9.06. The number of rotatable bonds is 6. The molecule has 0 amide bonds. The van der Waals surface area contributed by atoms with Crippen LogP contribution in [-0.4, -0.2) is 35.0 Å². The van der Waals surface area contributed by atoms with E-state index in [1.807, 2.05) is 6.07 Å². The second kappa shape index (κ2) is 6.45. The van der Waals surface area contributed by atoms with Gasteiger partial charge < -0.3 is 5.32 Å². The Labute approximate surface area is 117 Å². The van der Waals surface area contributed by atoms with Gasteiger partial charge in [-0.3, -0.25) is 15.0 Å². The molecule has 1 aromatic rings. The average molecular weight is 283 g/mol. The van der Waals surface area contributed by atoms with E-state index < -0.39 is 0 Å². The molecule has 1 fully saturated rings. The normalized spacial score (nSPS) is 19.5. The van der Waals surface area contributed by atoms with Gasteiger partial charge in [-0.25, -0.2) is 0 Å². The molecule has 5 nitrogen and oxygen atoms in total. The maximum absolute atomic E-state index is 10.7. The summed E-state index contributed by atoms with van der Waals surface area (Å²) in [5, 5.41) is 14.4. The average Bonchev–Trinajstić information content (AvgIpc) is 2.98. The van der Waals surface area contributed by atoms with Crippen molar-refractivity contribution in [2.75, 3.05) is 13.1 Å². The largest absolute Gasteiger partial charge is 0.324 e. The Balaban J connectivity index is 1.96. The lowest BCUT2D eigenvalue weighted by atomic mass is 10.2. The highest BCUT2D eigenvalue weighted by molar-refractivity contribution is 7.15. The molecule has 0 bridgehead atoms. The van der Waals surface area contributed by atoms with Gasteiger partial charge in [0.05, 0.1) is 4.92 Å². The van der Waals surface area contributed by atoms with Gasteiger partial charge in [0, 0.05) is 36.1 Å². The predicted octanol–water partition coefficient (Wildman–Crippen LogP) is 2.62. The van der Waals surface area contributed by atoms with Gasteiger partial charge in [0.1, 0.15) is 0 Å². The summed E-state index contributed by atoms with van der Waals surface area (Å²) in [6.45, 7) is 7.28. The van der Waals surface area contributed by atoms with E-state index in [-0.39, 0.29) is 9.92 Å². The molecule has 19 heavy (non-hydrogen) atoms. The lowest BCUT2D eigenvalue weighted by molar-refractivity contribution is -0.380. The lowest BCUT2D eigenvalue weighted by Crippen LogP contribution is -2.40. The number of nitro groups is 1. The zero-order valence-corrected chi connectivity index (χ0v) is 12.3. The van der Waals surface area contributed by atoms with Crippen LogP contribution < -0.4 is 5.32 Å². The van der Waals surface area contributed by atoms with Gasteiger partial charge in [-0.05, 0) is 39.3 Å². The lowest BCUT2D eigenvalue weighted by Gasteiger charge is -2.28. The van der Waals surface area contributed by atoms with Crippen molar-refractivity contribution in [3.63, 3.8) is 0 Å². The molecule has 2 heterocycles. The zero-order valence-electron chi connectivity index (χ0n) is 11.5. The van der Waals surface area contributed by atoms with Crippen molar-refractivity contribution in [1.82, 2.24) is 10.2 Å². The smallest absolute Gasteiger partial charge is 0.313 e. The fourth-order valence-electron chi connectivity index (χ4n) is 2.40. The molecule has 2 rings (SSSR count). The fraction of sp³-hybridized carbons (Fsp3) is 0.692. The molecule has 0 spiro atoms. The summed E-state index contributed by atoms with van der Waals surface area (Å²) in [6, 6.07) is 4.49. The standard InChI is InChI=1S/C13H21N3O2S/c1-10(2)15(8-11-4-3-7-14-11)9-12-5-6-13(19-12)16(17)18/h5-6,10-11,14H,3-4,7-9H2,1-2H3. The number of nitrogens with one attached hydrogen (secondary N) is 1. The molecule has 1 saturated heterocycles. The van der Waals surface area contributed by atoms with Crippen LogP contribution in [0.2, 0.25) is 0 Å². The third kappa shape index (κ3) is 3.99. The Bertz CT molecular complexity index is 427. The highest BCUT2D eigenvalue weighted by Crippen LogP contribution is 2.25. The van der Waals surface area contributed by atoms with Crippen molar-refractivity contribution >= 4 is 16.3 Å². The maximum atomic E-state index is 10.7. The summed E-state index contributed by atoms with van der Waals surface area (Å²) in [5.74, 6) is 0. The Morgan fingerprint density at radius 2 is 2.37 bits per heavy atom. The summed E-state index contributed by atoms with van der Waals surface area (Å²) >= 11 is 1.28. The van der Waals surface area contributed by atoms with Gasteiger partial charge in [-0.2, -0.15) is 0 Å². The Morgan fingerprint density at radius 3 is 2.89 bits per heavy atom. The first-order valence-corrected chi connectivity index (χ1v) is 7.58. The first kappa shape index (κ1) is 14.4. The Kier molecular flexibility index (Phi) is 4.90. The second-order valence-corrected chi connectivity index (χ2v) is 6.46. The summed E-state index contributed by atoms with van der Waals surface area (Å²) in [4.78, 5) is 13.8. The van der Waals surface area contributed by atoms with Crippen LogP contribution >= 0.6 is 11.3 Å². The number of nitrogens with zero attached hydrogens (tertiary/aromatic N) is 2. The zero-order chi connectivity index (χ0) is 13.8. The second-order valence-electron chi connectivity index (χ2n) is 5.31. The molecular formula is C13H21N3O2S. The van der Waals surface area contributed by atoms with Gasteiger partial charge in [0.2, 0.25) is 0 Å². The van der Waals surface area contributed by atoms with Crippen LogP contribution in [0.5, 0.6) is 0 Å². The van der Waals surface area contributed by atoms with E-state index in [1.54, 1.807) is 6.07 Å². The van der Waals surface area contributed by atoms with E-state index >= 15 is 0 Å². The van der Waals surface area contributed by atoms with E-state index in [9.17, 15) is 10.1 Å². The Hall–Kier alpha value is -0.980. The molecule has 1 N–H and O–H groups in total. The minimum absolute atomic E-state index is 0.234. The maximum Gasteiger partial charge on any atom is 0.324 e. The van der Waals surface area contributed by atoms with E-state index in [1.165, 1.54) is 24.2 Å². The molecule has 1 aliphatic heterocycles. The molecule has 1 aliphatic rings. The molecular weight excluding hydrogens is 262 g/mol. The van der Waals surface area contributed by atoms with E-state index in [4.69, 9.17) is 0 Å². The minimum atomic E-state index is -0.313. The fourth-order valence-corrected chi connectivity index (χ4v) is 3.25. The number of thiophene rings is 1. The molecule has 0 aromatic carbocycles. The SMILES string of the molecule is CC(C)N(Cc1ccc([N+](=O)[O-])s1)CC1CCCN1. The highest BCUT2D eigenvalue weighted by atomic mass is 32.1. The van der Waals surface area contributed by atoms with Crippen LogP contribution in [0.1, 0.15) is 31.6 Å². The Morgan fingerprint density at radius 1 is 1.58 bits per heavy atom. The van der Waals surface area contributed by atoms with Gasteiger partial charge in [0.15, 0.2) is 0 Å². The molecule has 0 saturated carbocycles. The molecule has 0 radical (unpaired) electrons. The van der Waals surface area contributed by atoms with Gasteiger partial charge in [-0.1, -0.05) is 11.3 Å². The summed E-state index contributed by atoms with van der Waals surface area (Å²) < 4.78 is 0. The van der Waals surface area contributed by atoms with Crippen molar-refractivity contribution in [1.29, 1.82) is 0 Å². The van der Waals surface area contributed by atoms with Crippen molar-refractivity contribution in [3.05, 3.63) is 27.1 Å². The highest BCUT2D eigenvalue weighted by Gasteiger charge is 2.21. The van der Waals surface area contributed by atoms with Crippen molar-refractivity contribution in [2.45, 2.75) is 45.3 Å². The quantitative estimate of drug-likeness (QED) is 0.644. The van der Waals surface area contributed by atoms with Crippen LogP contribution in [0.4, 0.5) is 5.00 Å². The molecule has 1 aromatic heterocycles.